The summed E-state index contributed by atoms with van der Waals surface area (Å²) >= 11 is 0. The predicted octanol–water partition coefficient (Wildman–Crippen LogP) is -3.93. The normalized spacial score (nSPS) is 8.92. The van der Waals surface area contributed by atoms with Crippen LogP contribution < -0.4 is 29.6 Å². The summed E-state index contributed by atoms with van der Waals surface area (Å²) in [6.07, 6.45) is 0. The van der Waals surface area contributed by atoms with E-state index in [1.807, 2.05) is 0 Å². The van der Waals surface area contributed by atoms with Crippen molar-refractivity contribution in [2.24, 2.45) is 0 Å². The maximum absolute atomic E-state index is 9.63. The first kappa shape index (κ1) is 18.2. The van der Waals surface area contributed by atoms with E-state index >= 15 is 0 Å². The fourth-order valence-corrected chi connectivity index (χ4v) is 0.346. The number of hydrogen-bond acceptors (Lipinski definition) is 4. The van der Waals surface area contributed by atoms with Gasteiger partial charge in [-0.25, -0.2) is 0 Å². The number of aliphatic hydroxyl groups is 1. The molecule has 0 heterocycles. The average Bonchev–Trinajstić information content (AvgIpc) is 1.58. The SMILES string of the molecule is CC(=O)O.O=S(=O)(O)CCO.[H-].[Na+]. The average molecular weight is 210 g/mol. The number of carboxylic acid groups (broad SMARTS) is 1. The van der Waals surface area contributed by atoms with E-state index in [-0.39, 0.29) is 31.0 Å². The summed E-state index contributed by atoms with van der Waals surface area (Å²) < 4.78 is 27.1. The number of carboxylic acids is 1. The number of hydrogen-bond donors (Lipinski definition) is 3. The Morgan fingerprint density at radius 2 is 1.75 bits per heavy atom. The van der Waals surface area contributed by atoms with E-state index in [2.05, 4.69) is 0 Å². The number of rotatable bonds is 2. The van der Waals surface area contributed by atoms with E-state index in [1.165, 1.54) is 0 Å². The van der Waals surface area contributed by atoms with Gasteiger partial charge in [0.05, 0.1) is 12.4 Å². The molecule has 0 aliphatic rings. The van der Waals surface area contributed by atoms with Gasteiger partial charge in [-0.05, 0) is 0 Å². The number of aliphatic hydroxyl groups excluding tert-OH is 1. The van der Waals surface area contributed by atoms with Crippen molar-refractivity contribution in [2.75, 3.05) is 12.4 Å². The summed E-state index contributed by atoms with van der Waals surface area (Å²) in [7, 11) is -3.92. The summed E-state index contributed by atoms with van der Waals surface area (Å²) in [6.45, 7) is 0.554. The van der Waals surface area contributed by atoms with Gasteiger partial charge in [-0.1, -0.05) is 0 Å². The van der Waals surface area contributed by atoms with E-state index in [9.17, 15) is 8.42 Å². The zero-order valence-electron chi connectivity index (χ0n) is 7.89. The fourth-order valence-electron chi connectivity index (χ4n) is 0.115. The van der Waals surface area contributed by atoms with Crippen LogP contribution in [0.3, 0.4) is 0 Å². The largest absolute Gasteiger partial charge is 1.00 e. The van der Waals surface area contributed by atoms with Gasteiger partial charge in [-0.2, -0.15) is 8.42 Å². The fraction of sp³-hybridized carbons (Fsp3) is 0.750. The molecule has 0 amide bonds. The standard InChI is InChI=1S/C2H6O4S.C2H4O2.Na.H/c3-1-2-7(4,5)6;1-2(3)4;;/h3H,1-2H2,(H,4,5,6);1H3,(H,3,4);;/q;;+1;-1. The second-order valence-electron chi connectivity index (χ2n) is 1.53. The van der Waals surface area contributed by atoms with Gasteiger partial charge >= 0.3 is 29.6 Å². The molecule has 0 aromatic carbocycles. The van der Waals surface area contributed by atoms with Crippen LogP contribution in [0.4, 0.5) is 0 Å². The van der Waals surface area contributed by atoms with Crippen molar-refractivity contribution < 1.29 is 59.0 Å². The van der Waals surface area contributed by atoms with Crippen LogP contribution in [0.1, 0.15) is 8.35 Å². The topological polar surface area (TPSA) is 112 Å². The monoisotopic (exact) mass is 210 g/mol. The molecule has 8 heteroatoms. The number of aliphatic carboxylic acids is 1. The Balaban J connectivity index is -0.0000000600. The first-order chi connectivity index (χ1) is 4.79. The molecule has 70 valence electrons. The molecule has 0 atom stereocenters. The molecule has 0 saturated heterocycles. The molecular formula is C4H11NaO6S. The molecule has 0 saturated carbocycles. The molecule has 0 aromatic heterocycles. The molecule has 6 nitrogen and oxygen atoms in total. The van der Waals surface area contributed by atoms with Crippen molar-refractivity contribution >= 4 is 16.1 Å². The summed E-state index contributed by atoms with van der Waals surface area (Å²) in [5, 5.41) is 15.3. The van der Waals surface area contributed by atoms with Crippen molar-refractivity contribution in [2.45, 2.75) is 6.92 Å². The minimum atomic E-state index is -3.92. The van der Waals surface area contributed by atoms with Crippen LogP contribution >= 0.6 is 0 Å². The maximum atomic E-state index is 9.63. The minimum Gasteiger partial charge on any atom is -1.00 e. The summed E-state index contributed by atoms with van der Waals surface area (Å²) in [6, 6.07) is 0. The predicted molar refractivity (Wildman–Crippen MR) is 37.9 cm³/mol. The molecule has 0 aliphatic heterocycles. The van der Waals surface area contributed by atoms with Crippen LogP contribution in [0.5, 0.6) is 0 Å². The second kappa shape index (κ2) is 9.43. The zero-order valence-corrected chi connectivity index (χ0v) is 9.71. The van der Waals surface area contributed by atoms with Crippen LogP contribution in [0, 0.1) is 0 Å². The van der Waals surface area contributed by atoms with Gasteiger partial charge < -0.3 is 11.6 Å². The van der Waals surface area contributed by atoms with Gasteiger partial charge in [0.2, 0.25) is 0 Å². The van der Waals surface area contributed by atoms with Crippen molar-refractivity contribution in [3.8, 4) is 0 Å². The molecule has 12 heavy (non-hydrogen) atoms. The van der Waals surface area contributed by atoms with Gasteiger partial charge in [0.1, 0.15) is 0 Å². The van der Waals surface area contributed by atoms with Crippen LogP contribution in [0.25, 0.3) is 0 Å². The van der Waals surface area contributed by atoms with Crippen LogP contribution in [-0.2, 0) is 14.9 Å². The van der Waals surface area contributed by atoms with Crippen molar-refractivity contribution in [1.82, 2.24) is 0 Å². The van der Waals surface area contributed by atoms with Gasteiger partial charge in [-0.15, -0.1) is 0 Å². The van der Waals surface area contributed by atoms with E-state index < -0.39 is 28.4 Å². The second-order valence-corrected chi connectivity index (χ2v) is 3.10. The molecule has 0 fully saturated rings. The molecular weight excluding hydrogens is 199 g/mol. The third-order valence-electron chi connectivity index (χ3n) is 0.349. The van der Waals surface area contributed by atoms with E-state index in [0.717, 1.165) is 6.92 Å². The summed E-state index contributed by atoms with van der Waals surface area (Å²) in [5.41, 5.74) is 0. The first-order valence-corrected chi connectivity index (χ1v) is 4.16. The summed E-state index contributed by atoms with van der Waals surface area (Å²) in [5.74, 6) is -1.41. The van der Waals surface area contributed by atoms with Gasteiger partial charge in [-0.3, -0.25) is 9.35 Å². The third-order valence-corrected chi connectivity index (χ3v) is 1.05. The molecule has 3 N–H and O–H groups in total. The molecule has 0 rings (SSSR count). The molecule has 0 radical (unpaired) electrons. The van der Waals surface area contributed by atoms with Crippen LogP contribution in [0.15, 0.2) is 0 Å². The van der Waals surface area contributed by atoms with Gasteiger partial charge in [0, 0.05) is 6.92 Å². The maximum Gasteiger partial charge on any atom is 1.00 e. The Hall–Kier alpha value is 0.340. The van der Waals surface area contributed by atoms with Crippen molar-refractivity contribution in [3.05, 3.63) is 0 Å². The van der Waals surface area contributed by atoms with E-state index in [0.29, 0.717) is 0 Å². The van der Waals surface area contributed by atoms with Gasteiger partial charge in [0.25, 0.3) is 16.1 Å². The van der Waals surface area contributed by atoms with Crippen molar-refractivity contribution in [1.29, 1.82) is 0 Å². The molecule has 0 spiro atoms. The minimum absolute atomic E-state index is 0. The van der Waals surface area contributed by atoms with E-state index in [4.69, 9.17) is 19.6 Å². The summed E-state index contributed by atoms with van der Waals surface area (Å²) in [4.78, 5) is 9.00. The Morgan fingerprint density at radius 3 is 1.75 bits per heavy atom. The zero-order chi connectivity index (χ0) is 9.49. The van der Waals surface area contributed by atoms with Gasteiger partial charge in [0.15, 0.2) is 0 Å². The smallest absolute Gasteiger partial charge is 1.00 e. The molecule has 0 aliphatic carbocycles. The van der Waals surface area contributed by atoms with E-state index in [1.54, 1.807) is 0 Å². The van der Waals surface area contributed by atoms with Crippen molar-refractivity contribution in [3.63, 3.8) is 0 Å². The Bertz CT molecular complexity index is 199. The molecule has 0 aromatic rings. The Morgan fingerprint density at radius 1 is 1.50 bits per heavy atom. The quantitative estimate of drug-likeness (QED) is 0.317. The number of carbonyl (C=O) groups is 1. The van der Waals surface area contributed by atoms with Crippen LogP contribution in [-0.4, -0.2) is 41.5 Å². The third kappa shape index (κ3) is 47.9. The Labute approximate surface area is 94.1 Å². The Kier molecular flexibility index (Phi) is 14.3. The first-order valence-electron chi connectivity index (χ1n) is 2.55. The van der Waals surface area contributed by atoms with Crippen LogP contribution in [0.2, 0.25) is 0 Å². The molecule has 0 bridgehead atoms. The molecule has 0 unspecified atom stereocenters.